The van der Waals surface area contributed by atoms with Crippen LogP contribution in [0.25, 0.3) is 11.1 Å². The lowest BCUT2D eigenvalue weighted by Crippen LogP contribution is -2.17. The van der Waals surface area contributed by atoms with E-state index < -0.39 is 12.1 Å². The highest BCUT2D eigenvalue weighted by Crippen LogP contribution is 2.27. The van der Waals surface area contributed by atoms with E-state index in [1.807, 2.05) is 54.6 Å². The van der Waals surface area contributed by atoms with Crippen LogP contribution in [0.3, 0.4) is 0 Å². The van der Waals surface area contributed by atoms with Crippen molar-refractivity contribution >= 4 is 11.9 Å². The van der Waals surface area contributed by atoms with E-state index in [0.717, 1.165) is 11.1 Å². The van der Waals surface area contributed by atoms with Gasteiger partial charge >= 0.3 is 5.97 Å². The fourth-order valence-corrected chi connectivity index (χ4v) is 2.79. The molecule has 0 saturated heterocycles. The minimum atomic E-state index is -1.10. The number of hydrogen-bond donors (Lipinski definition) is 2. The molecule has 1 aromatic heterocycles. The molecule has 26 heavy (non-hydrogen) atoms. The molecule has 3 aromatic rings. The number of nitrogen functional groups attached to an aromatic ring is 1. The van der Waals surface area contributed by atoms with Crippen molar-refractivity contribution < 1.29 is 14.6 Å². The average Bonchev–Trinajstić information content (AvgIpc) is 2.62. The van der Waals surface area contributed by atoms with Crippen LogP contribution in [0.5, 0.6) is 5.75 Å². The van der Waals surface area contributed by atoms with Crippen molar-refractivity contribution in [2.45, 2.75) is 20.0 Å². The molecule has 1 heterocycles. The molecule has 6 nitrogen and oxygen atoms in total. The van der Waals surface area contributed by atoms with Crippen LogP contribution >= 0.6 is 0 Å². The number of nitrogens with zero attached hydrogens (tertiary/aromatic N) is 2. The number of ether oxygens (including phenoxy) is 1. The third kappa shape index (κ3) is 3.64. The van der Waals surface area contributed by atoms with Gasteiger partial charge in [-0.1, -0.05) is 42.5 Å². The fourth-order valence-electron chi connectivity index (χ4n) is 2.79. The van der Waals surface area contributed by atoms with Crippen LogP contribution in [0.4, 0.5) is 5.95 Å². The Balaban J connectivity index is 1.85. The molecule has 0 radical (unpaired) electrons. The van der Waals surface area contributed by atoms with Gasteiger partial charge < -0.3 is 15.6 Å². The van der Waals surface area contributed by atoms with E-state index in [9.17, 15) is 9.90 Å². The van der Waals surface area contributed by atoms with Crippen molar-refractivity contribution in [3.63, 3.8) is 0 Å². The summed E-state index contributed by atoms with van der Waals surface area (Å²) >= 11 is 0. The highest BCUT2D eigenvalue weighted by atomic mass is 16.5. The van der Waals surface area contributed by atoms with Gasteiger partial charge in [-0.25, -0.2) is 14.8 Å². The van der Waals surface area contributed by atoms with Gasteiger partial charge in [-0.2, -0.15) is 0 Å². The molecule has 0 amide bonds. The molecule has 132 valence electrons. The summed E-state index contributed by atoms with van der Waals surface area (Å²) in [5.74, 6) is -0.465. The monoisotopic (exact) mass is 349 g/mol. The normalized spacial score (nSPS) is 11.8. The van der Waals surface area contributed by atoms with Gasteiger partial charge in [0, 0.05) is 0 Å². The largest absolute Gasteiger partial charge is 0.484 e. The summed E-state index contributed by atoms with van der Waals surface area (Å²) < 4.78 is 5.88. The van der Waals surface area contributed by atoms with Crippen LogP contribution in [0.1, 0.15) is 34.8 Å². The highest BCUT2D eigenvalue weighted by Gasteiger charge is 2.23. The smallest absolute Gasteiger partial charge is 0.339 e. The minimum Gasteiger partial charge on any atom is -0.484 e. The quantitative estimate of drug-likeness (QED) is 0.725. The molecule has 0 saturated carbocycles. The van der Waals surface area contributed by atoms with Crippen LogP contribution in [-0.4, -0.2) is 21.0 Å². The number of carboxylic acids is 1. The lowest BCUT2D eigenvalue weighted by atomic mass is 10.1. The van der Waals surface area contributed by atoms with Gasteiger partial charge in [-0.05, 0) is 37.1 Å². The zero-order chi connectivity index (χ0) is 18.7. The van der Waals surface area contributed by atoms with Gasteiger partial charge in [0.15, 0.2) is 0 Å². The fraction of sp³-hybridized carbons (Fsp3) is 0.150. The first kappa shape index (κ1) is 17.4. The zero-order valence-corrected chi connectivity index (χ0v) is 14.5. The predicted molar refractivity (Wildman–Crippen MR) is 99.1 cm³/mol. The van der Waals surface area contributed by atoms with Crippen molar-refractivity contribution in [3.8, 4) is 16.9 Å². The van der Waals surface area contributed by atoms with Crippen LogP contribution in [0, 0.1) is 6.92 Å². The summed E-state index contributed by atoms with van der Waals surface area (Å²) in [7, 11) is 0. The van der Waals surface area contributed by atoms with Gasteiger partial charge in [0.05, 0.1) is 5.69 Å². The van der Waals surface area contributed by atoms with E-state index >= 15 is 0 Å². The van der Waals surface area contributed by atoms with Crippen molar-refractivity contribution in [3.05, 3.63) is 71.5 Å². The van der Waals surface area contributed by atoms with E-state index in [2.05, 4.69) is 9.97 Å². The zero-order valence-electron chi connectivity index (χ0n) is 14.5. The third-order valence-electron chi connectivity index (χ3n) is 4.01. The molecule has 2 aromatic carbocycles. The number of anilines is 1. The first-order valence-corrected chi connectivity index (χ1v) is 8.15. The lowest BCUT2D eigenvalue weighted by Gasteiger charge is -2.17. The molecule has 6 heteroatoms. The van der Waals surface area contributed by atoms with Crippen molar-refractivity contribution in [2.75, 3.05) is 5.73 Å². The number of benzene rings is 2. The molecule has 1 unspecified atom stereocenters. The Bertz CT molecular complexity index is 925. The number of aromatic carboxylic acids is 1. The summed E-state index contributed by atoms with van der Waals surface area (Å²) in [5.41, 5.74) is 8.45. The van der Waals surface area contributed by atoms with E-state index in [0.29, 0.717) is 11.4 Å². The number of aromatic nitrogens is 2. The lowest BCUT2D eigenvalue weighted by molar-refractivity contribution is 0.0689. The second-order valence-corrected chi connectivity index (χ2v) is 5.88. The molecular formula is C20H19N3O3. The number of nitrogens with two attached hydrogens (primary N) is 1. The summed E-state index contributed by atoms with van der Waals surface area (Å²) in [5, 5.41) is 9.44. The van der Waals surface area contributed by atoms with Crippen molar-refractivity contribution in [2.24, 2.45) is 0 Å². The predicted octanol–water partition coefficient (Wildman–Crippen LogP) is 3.87. The Morgan fingerprint density at radius 3 is 2.27 bits per heavy atom. The second kappa shape index (κ2) is 7.23. The van der Waals surface area contributed by atoms with E-state index in [4.69, 9.17) is 10.5 Å². The minimum absolute atomic E-state index is 0.0209. The molecule has 0 aliphatic rings. The van der Waals surface area contributed by atoms with E-state index in [-0.39, 0.29) is 17.2 Å². The molecule has 3 N–H and O–H groups in total. The Labute approximate surface area is 151 Å². The van der Waals surface area contributed by atoms with Crippen molar-refractivity contribution in [1.82, 2.24) is 9.97 Å². The maximum absolute atomic E-state index is 11.5. The van der Waals surface area contributed by atoms with Gasteiger partial charge in [-0.3, -0.25) is 0 Å². The third-order valence-corrected chi connectivity index (χ3v) is 4.01. The van der Waals surface area contributed by atoms with Gasteiger partial charge in [0.25, 0.3) is 0 Å². The SMILES string of the molecule is Cc1nc(N)nc(C(C)Oc2ccc(-c3ccccc3)cc2)c1C(=O)O. The number of carboxylic acid groups (broad SMARTS) is 1. The van der Waals surface area contributed by atoms with E-state index in [1.165, 1.54) is 0 Å². The van der Waals surface area contributed by atoms with Crippen LogP contribution in [-0.2, 0) is 0 Å². The number of rotatable bonds is 5. The average molecular weight is 349 g/mol. The Morgan fingerprint density at radius 2 is 1.65 bits per heavy atom. The van der Waals surface area contributed by atoms with Crippen molar-refractivity contribution in [1.29, 1.82) is 0 Å². The summed E-state index contributed by atoms with van der Waals surface area (Å²) in [4.78, 5) is 19.5. The Morgan fingerprint density at radius 1 is 1.04 bits per heavy atom. The first-order valence-electron chi connectivity index (χ1n) is 8.15. The summed E-state index contributed by atoms with van der Waals surface area (Å²) in [6, 6.07) is 17.6. The van der Waals surface area contributed by atoms with Gasteiger partial charge in [0.1, 0.15) is 23.1 Å². The van der Waals surface area contributed by atoms with Crippen LogP contribution < -0.4 is 10.5 Å². The van der Waals surface area contributed by atoms with Crippen LogP contribution in [0.2, 0.25) is 0 Å². The van der Waals surface area contributed by atoms with E-state index in [1.54, 1.807) is 13.8 Å². The topological polar surface area (TPSA) is 98.3 Å². The van der Waals surface area contributed by atoms with Gasteiger partial charge in [-0.15, -0.1) is 0 Å². The maximum Gasteiger partial charge on any atom is 0.339 e. The standard InChI is InChI=1S/C20H19N3O3/c1-12-17(19(24)25)18(23-20(21)22-12)13(2)26-16-10-8-15(9-11-16)14-6-4-3-5-7-14/h3-11,13H,1-2H3,(H,24,25)(H2,21,22,23). The molecule has 1 atom stereocenters. The van der Waals surface area contributed by atoms with Gasteiger partial charge in [0.2, 0.25) is 5.95 Å². The molecule has 3 rings (SSSR count). The molecule has 0 fully saturated rings. The number of aryl methyl sites for hydroxylation is 1. The number of hydrogen-bond acceptors (Lipinski definition) is 5. The first-order chi connectivity index (χ1) is 12.5. The highest BCUT2D eigenvalue weighted by molar-refractivity contribution is 5.90. The number of carbonyl (C=O) groups is 1. The molecule has 0 bridgehead atoms. The Hall–Kier alpha value is -3.41. The summed E-state index contributed by atoms with van der Waals surface area (Å²) in [6.45, 7) is 3.32. The Kier molecular flexibility index (Phi) is 4.84. The molecular weight excluding hydrogens is 330 g/mol. The maximum atomic E-state index is 11.5. The van der Waals surface area contributed by atoms with Crippen LogP contribution in [0.15, 0.2) is 54.6 Å². The summed E-state index contributed by atoms with van der Waals surface area (Å²) in [6.07, 6.45) is -0.590. The molecule has 0 aliphatic carbocycles. The molecule has 0 aliphatic heterocycles. The second-order valence-electron chi connectivity index (χ2n) is 5.88. The molecule has 0 spiro atoms.